The molecule has 14 rings (SSSR count). The van der Waals surface area contributed by atoms with E-state index in [0.717, 1.165) is 27.9 Å². The molecule has 0 amide bonds. The van der Waals surface area contributed by atoms with E-state index in [1.54, 1.807) is 0 Å². The van der Waals surface area contributed by atoms with E-state index in [4.69, 9.17) is 10.2 Å². The monoisotopic (exact) mass is 821 g/mol. The third kappa shape index (κ3) is 4.90. The Morgan fingerprint density at radius 3 is 1.62 bits per heavy atom. The van der Waals surface area contributed by atoms with Gasteiger partial charge in [0.15, 0.2) is 11.5 Å². The summed E-state index contributed by atoms with van der Waals surface area (Å²) in [6.45, 7) is 4.00. The van der Waals surface area contributed by atoms with Gasteiger partial charge in [0.05, 0.1) is 10.9 Å². The normalized spacial score (nSPS) is 13.0. The van der Waals surface area contributed by atoms with E-state index in [1.165, 1.54) is 97.7 Å². The number of rotatable bonds is 3. The summed E-state index contributed by atoms with van der Waals surface area (Å²) in [5.41, 5.74) is 18.1. The van der Waals surface area contributed by atoms with Crippen molar-refractivity contribution in [2.24, 2.45) is 0 Å². The Kier molecular flexibility index (Phi) is 7.82. The number of pyridine rings is 1. The second-order valence-electron chi connectivity index (χ2n) is 16.5. The van der Waals surface area contributed by atoms with E-state index >= 15 is 0 Å². The molecule has 1 spiro atoms. The first-order valence-corrected chi connectivity index (χ1v) is 22.7. The Morgan fingerprint density at radius 2 is 0.905 bits per heavy atom. The van der Waals surface area contributed by atoms with Crippen LogP contribution in [-0.2, 0) is 5.41 Å². The van der Waals surface area contributed by atoms with Gasteiger partial charge in [0.1, 0.15) is 0 Å². The maximum Gasteiger partial charge on any atom is 0.169 e. The van der Waals surface area contributed by atoms with Crippen LogP contribution >= 0.6 is 11.3 Å². The molecule has 3 aromatic heterocycles. The highest BCUT2D eigenvalue weighted by Gasteiger charge is 2.51. The van der Waals surface area contributed by atoms with Crippen LogP contribution in [0.3, 0.4) is 0 Å². The first-order valence-electron chi connectivity index (χ1n) is 21.9. The quantitative estimate of drug-likeness (QED) is 0.166. The van der Waals surface area contributed by atoms with Gasteiger partial charge in [-0.3, -0.25) is 4.40 Å². The summed E-state index contributed by atoms with van der Waals surface area (Å²) in [5, 5.41) is 15.8. The molecule has 0 radical (unpaired) electrons. The molecule has 0 saturated carbocycles. The van der Waals surface area contributed by atoms with Crippen LogP contribution in [0.5, 0.6) is 0 Å². The molecule has 4 heteroatoms. The number of thiophene rings is 1. The van der Waals surface area contributed by atoms with E-state index in [2.05, 4.69) is 205 Å². The zero-order valence-electron chi connectivity index (χ0n) is 34.8. The second-order valence-corrected chi connectivity index (χ2v) is 17.5. The number of fused-ring (bicyclic) bond motifs is 19. The fraction of sp³-hybridized carbons (Fsp3) is 0.0508. The number of aromatic nitrogens is 3. The van der Waals surface area contributed by atoms with Gasteiger partial charge in [0.25, 0.3) is 0 Å². The summed E-state index contributed by atoms with van der Waals surface area (Å²) in [5.74, 6) is 0.834. The molecule has 0 aliphatic heterocycles. The van der Waals surface area contributed by atoms with Crippen LogP contribution in [0, 0.1) is 0 Å². The Balaban J connectivity index is 0.00000198. The van der Waals surface area contributed by atoms with Gasteiger partial charge in [-0.05, 0) is 96.4 Å². The lowest BCUT2D eigenvalue weighted by Gasteiger charge is -2.30. The van der Waals surface area contributed by atoms with Crippen molar-refractivity contribution in [1.82, 2.24) is 14.6 Å². The summed E-state index contributed by atoms with van der Waals surface area (Å²) in [6, 6.07) is 74.0. The number of nitrogens with zero attached hydrogens (tertiary/aromatic N) is 3. The van der Waals surface area contributed by atoms with Crippen LogP contribution in [0.1, 0.15) is 36.1 Å². The van der Waals surface area contributed by atoms with Gasteiger partial charge in [0, 0.05) is 36.5 Å². The highest BCUT2D eigenvalue weighted by Crippen LogP contribution is 2.63. The molecule has 0 fully saturated rings. The average Bonchev–Trinajstić information content (AvgIpc) is 4.12. The first kappa shape index (κ1) is 36.0. The third-order valence-electron chi connectivity index (χ3n) is 13.5. The van der Waals surface area contributed by atoms with Crippen molar-refractivity contribution in [2.75, 3.05) is 0 Å². The van der Waals surface area contributed by atoms with Crippen molar-refractivity contribution < 1.29 is 0 Å². The van der Waals surface area contributed by atoms with Crippen LogP contribution in [0.15, 0.2) is 200 Å². The molecule has 63 heavy (non-hydrogen) atoms. The summed E-state index contributed by atoms with van der Waals surface area (Å²) in [6.07, 6.45) is 0. The molecule has 0 unspecified atom stereocenters. The molecular weight excluding hydrogens is 783 g/mol. The molecule has 0 atom stereocenters. The van der Waals surface area contributed by atoms with Gasteiger partial charge in [-0.15, -0.1) is 21.5 Å². The van der Waals surface area contributed by atoms with Crippen LogP contribution in [0.2, 0.25) is 0 Å². The third-order valence-corrected chi connectivity index (χ3v) is 14.8. The predicted octanol–water partition coefficient (Wildman–Crippen LogP) is 15.8. The highest BCUT2D eigenvalue weighted by molar-refractivity contribution is 7.26. The van der Waals surface area contributed by atoms with Crippen molar-refractivity contribution in [3.8, 4) is 55.9 Å². The van der Waals surface area contributed by atoms with Gasteiger partial charge in [-0.1, -0.05) is 190 Å². The largest absolute Gasteiger partial charge is 0.274 e. The fourth-order valence-corrected chi connectivity index (χ4v) is 12.2. The minimum Gasteiger partial charge on any atom is -0.274 e. The summed E-state index contributed by atoms with van der Waals surface area (Å²) in [7, 11) is 0. The van der Waals surface area contributed by atoms with E-state index in [1.807, 2.05) is 25.2 Å². The number of hydrogen-bond donors (Lipinski definition) is 0. The lowest BCUT2D eigenvalue weighted by molar-refractivity contribution is 0.794. The topological polar surface area (TPSA) is 30.2 Å². The maximum atomic E-state index is 4.88. The lowest BCUT2D eigenvalue weighted by atomic mass is 9.70. The molecule has 3 nitrogen and oxygen atoms in total. The van der Waals surface area contributed by atoms with E-state index in [-0.39, 0.29) is 5.41 Å². The average molecular weight is 822 g/mol. The summed E-state index contributed by atoms with van der Waals surface area (Å²) >= 11 is 1.86. The van der Waals surface area contributed by atoms with Crippen molar-refractivity contribution in [3.63, 3.8) is 0 Å². The highest BCUT2D eigenvalue weighted by atomic mass is 32.1. The molecule has 2 aliphatic carbocycles. The SMILES string of the molecule is CC.c1ccc2c(c1)-c1ccccc1C21c2ccccc2-c2ccc(-c3ccc4c(c3)c3ccccc3c3nnc(-c5ccc(-c6cccc7c6sc6ccccc67)cc5)n43)cc21. The molecule has 3 heterocycles. The Labute approximate surface area is 369 Å². The van der Waals surface area contributed by atoms with Crippen LogP contribution in [-0.4, -0.2) is 14.6 Å². The first-order chi connectivity index (χ1) is 31.3. The van der Waals surface area contributed by atoms with Gasteiger partial charge in [0.2, 0.25) is 0 Å². The van der Waals surface area contributed by atoms with Crippen molar-refractivity contribution >= 4 is 58.8 Å². The molecule has 0 bridgehead atoms. The van der Waals surface area contributed by atoms with Crippen LogP contribution in [0.25, 0.3) is 103 Å². The van der Waals surface area contributed by atoms with Crippen molar-refractivity contribution in [2.45, 2.75) is 19.3 Å². The fourth-order valence-electron chi connectivity index (χ4n) is 11.0. The Hall–Kier alpha value is -7.66. The van der Waals surface area contributed by atoms with Gasteiger partial charge in [-0.25, -0.2) is 0 Å². The van der Waals surface area contributed by atoms with Gasteiger partial charge >= 0.3 is 0 Å². The Bertz CT molecular complexity index is 3770. The van der Waals surface area contributed by atoms with Gasteiger partial charge < -0.3 is 0 Å². The molecule has 9 aromatic carbocycles. The van der Waals surface area contributed by atoms with E-state index in [9.17, 15) is 0 Å². The minimum absolute atomic E-state index is 0.387. The zero-order chi connectivity index (χ0) is 41.8. The number of hydrogen-bond acceptors (Lipinski definition) is 3. The zero-order valence-corrected chi connectivity index (χ0v) is 35.6. The molecule has 12 aromatic rings. The molecule has 2 aliphatic rings. The van der Waals surface area contributed by atoms with E-state index in [0.29, 0.717) is 0 Å². The number of benzene rings is 9. The van der Waals surface area contributed by atoms with Crippen LogP contribution < -0.4 is 0 Å². The molecule has 296 valence electrons. The summed E-state index contributed by atoms with van der Waals surface area (Å²) in [4.78, 5) is 0. The molecular formula is C59H39N3S. The predicted molar refractivity (Wildman–Crippen MR) is 265 cm³/mol. The molecule has 0 N–H and O–H groups in total. The van der Waals surface area contributed by atoms with Gasteiger partial charge in [-0.2, -0.15) is 0 Å². The smallest absolute Gasteiger partial charge is 0.169 e. The maximum absolute atomic E-state index is 4.88. The van der Waals surface area contributed by atoms with Crippen LogP contribution in [0.4, 0.5) is 0 Å². The summed E-state index contributed by atoms with van der Waals surface area (Å²) < 4.78 is 4.89. The second kappa shape index (κ2) is 13.7. The molecule has 0 saturated heterocycles. The van der Waals surface area contributed by atoms with Crippen molar-refractivity contribution in [3.05, 3.63) is 222 Å². The standard InChI is InChI=1S/C57H33N3S.C2H6/c1-2-17-46-39(12-1)47-32-36(37-28-30-43-42-15-5-9-22-50(42)57(51(43)33-37)48-20-7-3-13-40(48)41-14-4-8-21-49(41)57)29-31-52(47)60-55(58-59-56(46)60)35-26-24-34(25-27-35)38-18-11-19-45-44-16-6-10-23-53(44)61-54(38)45;1-2/h1-33H;1-2H3. The van der Waals surface area contributed by atoms with Crippen molar-refractivity contribution in [1.29, 1.82) is 0 Å². The minimum atomic E-state index is -0.387. The lowest BCUT2D eigenvalue weighted by Crippen LogP contribution is -2.25. The Morgan fingerprint density at radius 1 is 0.381 bits per heavy atom. The van der Waals surface area contributed by atoms with E-state index < -0.39 is 0 Å².